The molecule has 0 spiro atoms. The lowest BCUT2D eigenvalue weighted by Gasteiger charge is -2.22. The Morgan fingerprint density at radius 1 is 1.29 bits per heavy atom. The smallest absolute Gasteiger partial charge is 0.131 e. The van der Waals surface area contributed by atoms with Gasteiger partial charge >= 0.3 is 0 Å². The first kappa shape index (κ1) is 15.9. The van der Waals surface area contributed by atoms with Gasteiger partial charge in [0, 0.05) is 24.0 Å². The second kappa shape index (κ2) is 7.00. The fourth-order valence-corrected chi connectivity index (χ4v) is 2.52. The molecule has 1 aromatic heterocycles. The number of rotatable bonds is 5. The second-order valence-electron chi connectivity index (χ2n) is 5.32. The summed E-state index contributed by atoms with van der Waals surface area (Å²) in [7, 11) is 1.98. The first-order chi connectivity index (χ1) is 10.0. The molecule has 112 valence electrons. The van der Waals surface area contributed by atoms with Crippen LogP contribution in [0.2, 0.25) is 0 Å². The van der Waals surface area contributed by atoms with Gasteiger partial charge < -0.3 is 10.0 Å². The molecular weight excluding hydrogens is 330 g/mol. The van der Waals surface area contributed by atoms with E-state index in [1.165, 1.54) is 5.56 Å². The average Bonchev–Trinajstić information content (AvgIpc) is 2.48. The van der Waals surface area contributed by atoms with E-state index in [1.807, 2.05) is 39.1 Å². The van der Waals surface area contributed by atoms with Gasteiger partial charge in [-0.15, -0.1) is 0 Å². The number of hydrogen-bond donors (Lipinski definition) is 1. The van der Waals surface area contributed by atoms with E-state index in [1.54, 1.807) is 6.20 Å². The summed E-state index contributed by atoms with van der Waals surface area (Å²) in [4.78, 5) is 10.9. The Hall–Kier alpha value is -1.46. The third-order valence-corrected chi connectivity index (χ3v) is 4.08. The van der Waals surface area contributed by atoms with Crippen molar-refractivity contribution in [2.45, 2.75) is 32.9 Å². The normalized spacial score (nSPS) is 11.0. The van der Waals surface area contributed by atoms with Gasteiger partial charge in [0.1, 0.15) is 5.82 Å². The van der Waals surface area contributed by atoms with E-state index in [-0.39, 0.29) is 12.5 Å². The lowest BCUT2D eigenvalue weighted by atomic mass is 10.2. The number of benzene rings is 1. The van der Waals surface area contributed by atoms with Crippen LogP contribution in [0.1, 0.15) is 36.8 Å². The average molecular weight is 350 g/mol. The first-order valence-electron chi connectivity index (χ1n) is 6.94. The summed E-state index contributed by atoms with van der Waals surface area (Å²) in [5.41, 5.74) is 2.71. The zero-order valence-corrected chi connectivity index (χ0v) is 14.1. The van der Waals surface area contributed by atoms with Gasteiger partial charge in [0.05, 0.1) is 24.2 Å². The van der Waals surface area contributed by atoms with Crippen LogP contribution in [0.5, 0.6) is 0 Å². The Labute approximate surface area is 134 Å². The minimum Gasteiger partial charge on any atom is -0.390 e. The lowest BCUT2D eigenvalue weighted by Crippen LogP contribution is -2.20. The predicted molar refractivity (Wildman–Crippen MR) is 88.3 cm³/mol. The van der Waals surface area contributed by atoms with Crippen LogP contribution in [0.15, 0.2) is 34.9 Å². The summed E-state index contributed by atoms with van der Waals surface area (Å²) in [5.74, 6) is 1.01. The maximum Gasteiger partial charge on any atom is 0.131 e. The topological polar surface area (TPSA) is 49.2 Å². The number of nitrogens with zero attached hydrogens (tertiary/aromatic N) is 3. The summed E-state index contributed by atoms with van der Waals surface area (Å²) in [6.45, 7) is 4.72. The third kappa shape index (κ3) is 3.80. The molecule has 0 saturated carbocycles. The summed E-state index contributed by atoms with van der Waals surface area (Å²) >= 11 is 3.56. The molecule has 4 nitrogen and oxygen atoms in total. The molecule has 0 aliphatic heterocycles. The summed E-state index contributed by atoms with van der Waals surface area (Å²) < 4.78 is 1.07. The van der Waals surface area contributed by atoms with Crippen molar-refractivity contribution in [2.75, 3.05) is 11.9 Å². The molecule has 1 heterocycles. The SMILES string of the molecule is CC(C)c1ncc(N(C)Cc2ccccc2Br)c(CO)n1. The van der Waals surface area contributed by atoms with Gasteiger partial charge in [-0.05, 0) is 11.6 Å². The van der Waals surface area contributed by atoms with E-state index in [2.05, 4.69) is 36.9 Å². The van der Waals surface area contributed by atoms with Crippen molar-refractivity contribution in [1.82, 2.24) is 9.97 Å². The Balaban J connectivity index is 2.26. The second-order valence-corrected chi connectivity index (χ2v) is 6.17. The molecule has 2 rings (SSSR count). The van der Waals surface area contributed by atoms with Crippen molar-refractivity contribution in [3.05, 3.63) is 52.0 Å². The fraction of sp³-hybridized carbons (Fsp3) is 0.375. The zero-order valence-electron chi connectivity index (χ0n) is 12.5. The molecule has 1 N–H and O–H groups in total. The Morgan fingerprint density at radius 2 is 2.00 bits per heavy atom. The molecule has 21 heavy (non-hydrogen) atoms. The number of halogens is 1. The van der Waals surface area contributed by atoms with Crippen LogP contribution in [0.3, 0.4) is 0 Å². The van der Waals surface area contributed by atoms with E-state index >= 15 is 0 Å². The van der Waals surface area contributed by atoms with Gasteiger partial charge in [-0.3, -0.25) is 0 Å². The molecule has 2 aromatic rings. The summed E-state index contributed by atoms with van der Waals surface area (Å²) in [6.07, 6.45) is 1.80. The van der Waals surface area contributed by atoms with Gasteiger partial charge in [-0.1, -0.05) is 48.0 Å². The van der Waals surface area contributed by atoms with Gasteiger partial charge in [0.15, 0.2) is 0 Å². The van der Waals surface area contributed by atoms with Crippen molar-refractivity contribution in [2.24, 2.45) is 0 Å². The number of anilines is 1. The quantitative estimate of drug-likeness (QED) is 0.897. The summed E-state index contributed by atoms with van der Waals surface area (Å²) in [6, 6.07) is 8.10. The Bertz CT molecular complexity index is 616. The maximum atomic E-state index is 9.57. The molecule has 0 aliphatic rings. The molecule has 1 aromatic carbocycles. The van der Waals surface area contributed by atoms with E-state index < -0.39 is 0 Å². The van der Waals surface area contributed by atoms with Crippen molar-refractivity contribution in [3.63, 3.8) is 0 Å². The molecule has 0 atom stereocenters. The number of aliphatic hydroxyl groups excluding tert-OH is 1. The lowest BCUT2D eigenvalue weighted by molar-refractivity contribution is 0.276. The van der Waals surface area contributed by atoms with Crippen LogP contribution in [0.4, 0.5) is 5.69 Å². The zero-order chi connectivity index (χ0) is 15.4. The number of hydrogen-bond acceptors (Lipinski definition) is 4. The van der Waals surface area contributed by atoms with Gasteiger partial charge in [-0.2, -0.15) is 0 Å². The molecule has 0 aliphatic carbocycles. The van der Waals surface area contributed by atoms with Crippen LogP contribution in [-0.4, -0.2) is 22.1 Å². The van der Waals surface area contributed by atoms with Crippen LogP contribution in [-0.2, 0) is 13.2 Å². The van der Waals surface area contributed by atoms with Gasteiger partial charge in [-0.25, -0.2) is 9.97 Å². The fourth-order valence-electron chi connectivity index (χ4n) is 2.11. The third-order valence-electron chi connectivity index (χ3n) is 3.31. The molecule has 0 unspecified atom stereocenters. The van der Waals surface area contributed by atoms with E-state index in [0.29, 0.717) is 5.69 Å². The van der Waals surface area contributed by atoms with E-state index in [9.17, 15) is 5.11 Å². The molecule has 0 amide bonds. The van der Waals surface area contributed by atoms with Crippen LogP contribution < -0.4 is 4.90 Å². The van der Waals surface area contributed by atoms with E-state index in [0.717, 1.165) is 22.5 Å². The van der Waals surface area contributed by atoms with E-state index in [4.69, 9.17) is 0 Å². The molecule has 0 radical (unpaired) electrons. The Morgan fingerprint density at radius 3 is 2.62 bits per heavy atom. The molecular formula is C16H20BrN3O. The standard InChI is InChI=1S/C16H20BrN3O/c1-11(2)16-18-8-15(14(10-21)19-16)20(3)9-12-6-4-5-7-13(12)17/h4-8,11,21H,9-10H2,1-3H3. The van der Waals surface area contributed by atoms with Gasteiger partial charge in [0.25, 0.3) is 0 Å². The predicted octanol–water partition coefficient (Wildman–Crippen LogP) is 3.49. The monoisotopic (exact) mass is 349 g/mol. The minimum atomic E-state index is -0.0854. The van der Waals surface area contributed by atoms with Gasteiger partial charge in [0.2, 0.25) is 0 Å². The van der Waals surface area contributed by atoms with Crippen LogP contribution in [0.25, 0.3) is 0 Å². The first-order valence-corrected chi connectivity index (χ1v) is 7.73. The minimum absolute atomic E-state index is 0.0854. The highest BCUT2D eigenvalue weighted by molar-refractivity contribution is 9.10. The molecule has 0 fully saturated rings. The highest BCUT2D eigenvalue weighted by atomic mass is 79.9. The van der Waals surface area contributed by atoms with Crippen LogP contribution in [0, 0.1) is 0 Å². The largest absolute Gasteiger partial charge is 0.390 e. The highest BCUT2D eigenvalue weighted by Gasteiger charge is 2.13. The molecule has 5 heteroatoms. The number of aliphatic hydroxyl groups is 1. The summed E-state index contributed by atoms with van der Waals surface area (Å²) in [5, 5.41) is 9.57. The molecule has 0 saturated heterocycles. The maximum absolute atomic E-state index is 9.57. The van der Waals surface area contributed by atoms with Crippen molar-refractivity contribution in [1.29, 1.82) is 0 Å². The highest BCUT2D eigenvalue weighted by Crippen LogP contribution is 2.23. The molecule has 0 bridgehead atoms. The van der Waals surface area contributed by atoms with Crippen molar-refractivity contribution < 1.29 is 5.11 Å². The van der Waals surface area contributed by atoms with Crippen LogP contribution >= 0.6 is 15.9 Å². The Kier molecular flexibility index (Phi) is 5.31. The van der Waals surface area contributed by atoms with Crippen molar-refractivity contribution in [3.8, 4) is 0 Å². The number of aromatic nitrogens is 2. The van der Waals surface area contributed by atoms with Crippen molar-refractivity contribution >= 4 is 21.6 Å².